The number of aliphatic hydroxyl groups excluding tert-OH is 1. The van der Waals surface area contributed by atoms with Crippen LogP contribution in [0.25, 0.3) is 0 Å². The predicted molar refractivity (Wildman–Crippen MR) is 72.5 cm³/mol. The van der Waals surface area contributed by atoms with Crippen molar-refractivity contribution < 1.29 is 14.6 Å². The van der Waals surface area contributed by atoms with E-state index in [4.69, 9.17) is 15.6 Å². The Bertz CT molecular complexity index is 359. The summed E-state index contributed by atoms with van der Waals surface area (Å²) in [6.45, 7) is 6.74. The fourth-order valence-corrected chi connectivity index (χ4v) is 3.65. The highest BCUT2D eigenvalue weighted by molar-refractivity contribution is 5.89. The lowest BCUT2D eigenvalue weighted by atomic mass is 9.46. The topological polar surface area (TPSA) is 84.6 Å². The molecule has 1 aliphatic heterocycles. The number of hydrogen-bond acceptors (Lipinski definition) is 4. The van der Waals surface area contributed by atoms with Gasteiger partial charge < -0.3 is 20.9 Å². The number of nitrogens with two attached hydrogens (primary N) is 1. The van der Waals surface area contributed by atoms with Crippen molar-refractivity contribution in [1.29, 1.82) is 0 Å². The molecule has 2 rings (SSSR count). The van der Waals surface area contributed by atoms with Crippen LogP contribution in [-0.2, 0) is 9.53 Å². The first-order chi connectivity index (χ1) is 8.85. The molecule has 110 valence electrons. The molecule has 4 unspecified atom stereocenters. The molecular formula is C14H26N2O3. The Kier molecular flexibility index (Phi) is 3.91. The maximum Gasteiger partial charge on any atom is 0.241 e. The van der Waals surface area contributed by atoms with Gasteiger partial charge in [-0.3, -0.25) is 4.79 Å². The summed E-state index contributed by atoms with van der Waals surface area (Å²) in [5.74, 6) is 0.00257. The third-order valence-corrected chi connectivity index (χ3v) is 5.00. The van der Waals surface area contributed by atoms with Crippen molar-refractivity contribution >= 4 is 5.91 Å². The molecule has 0 aromatic rings. The van der Waals surface area contributed by atoms with Gasteiger partial charge in [-0.25, -0.2) is 0 Å². The number of nitrogens with one attached hydrogen (secondary N) is 1. The molecule has 1 amide bonds. The van der Waals surface area contributed by atoms with Crippen LogP contribution in [-0.4, -0.2) is 41.9 Å². The smallest absolute Gasteiger partial charge is 0.241 e. The van der Waals surface area contributed by atoms with Gasteiger partial charge in [-0.1, -0.05) is 13.8 Å². The molecule has 0 radical (unpaired) electrons. The molecule has 1 heterocycles. The summed E-state index contributed by atoms with van der Waals surface area (Å²) in [4.78, 5) is 12.5. The number of aliphatic hydroxyl groups is 1. The van der Waals surface area contributed by atoms with Gasteiger partial charge in [-0.15, -0.1) is 0 Å². The summed E-state index contributed by atoms with van der Waals surface area (Å²) in [5, 5.41) is 11.8. The third kappa shape index (κ3) is 2.08. The average Bonchev–Trinajstić information content (AvgIpc) is 2.37. The number of rotatable bonds is 4. The van der Waals surface area contributed by atoms with E-state index >= 15 is 0 Å². The molecule has 0 aromatic heterocycles. The molecular weight excluding hydrogens is 244 g/mol. The van der Waals surface area contributed by atoms with Gasteiger partial charge in [0.2, 0.25) is 5.91 Å². The Morgan fingerprint density at radius 3 is 2.89 bits per heavy atom. The number of hydrogen-bond donors (Lipinski definition) is 3. The molecule has 4 N–H and O–H groups in total. The van der Waals surface area contributed by atoms with Gasteiger partial charge in [0.1, 0.15) is 5.54 Å². The molecule has 2 fully saturated rings. The SMILES string of the molecule is CC(CCO)NC(=O)C1(N)C2CCCOC2C1(C)C. The molecule has 1 saturated heterocycles. The minimum Gasteiger partial charge on any atom is -0.396 e. The molecule has 2 aliphatic rings. The standard InChI is InChI=1S/C14H26N2O3/c1-9(6-7-17)16-12(18)14(15)10-5-4-8-19-11(10)13(14,2)3/h9-11,17H,4-8,15H2,1-3H3,(H,16,18). The first kappa shape index (κ1) is 14.8. The summed E-state index contributed by atoms with van der Waals surface area (Å²) >= 11 is 0. The van der Waals surface area contributed by atoms with E-state index in [-0.39, 0.29) is 36.0 Å². The van der Waals surface area contributed by atoms with Crippen LogP contribution < -0.4 is 11.1 Å². The number of amides is 1. The second-order valence-corrected chi connectivity index (χ2v) is 6.52. The minimum absolute atomic E-state index is 0.0581. The van der Waals surface area contributed by atoms with Crippen LogP contribution in [0.5, 0.6) is 0 Å². The quantitative estimate of drug-likeness (QED) is 0.690. The summed E-state index contributed by atoms with van der Waals surface area (Å²) in [5.41, 5.74) is 5.26. The van der Waals surface area contributed by atoms with E-state index in [2.05, 4.69) is 5.32 Å². The average molecular weight is 270 g/mol. The zero-order valence-corrected chi connectivity index (χ0v) is 12.1. The van der Waals surface area contributed by atoms with Gasteiger partial charge >= 0.3 is 0 Å². The highest BCUT2D eigenvalue weighted by Gasteiger charge is 2.70. The first-order valence-corrected chi connectivity index (χ1v) is 7.18. The van der Waals surface area contributed by atoms with E-state index in [1.165, 1.54) is 0 Å². The van der Waals surface area contributed by atoms with Crippen molar-refractivity contribution in [3.05, 3.63) is 0 Å². The lowest BCUT2D eigenvalue weighted by molar-refractivity contribution is -0.225. The maximum absolute atomic E-state index is 12.5. The molecule has 0 aromatic carbocycles. The van der Waals surface area contributed by atoms with E-state index in [1.54, 1.807) is 0 Å². The Balaban J connectivity index is 2.10. The van der Waals surface area contributed by atoms with Gasteiger partial charge in [0, 0.05) is 30.6 Å². The minimum atomic E-state index is -0.859. The number of fused-ring (bicyclic) bond motifs is 1. The predicted octanol–water partition coefficient (Wildman–Crippen LogP) is 0.406. The Labute approximate surface area is 114 Å². The number of carbonyl (C=O) groups excluding carboxylic acids is 1. The summed E-state index contributed by atoms with van der Waals surface area (Å²) in [6.07, 6.45) is 2.56. The molecule has 4 atom stereocenters. The van der Waals surface area contributed by atoms with Crippen molar-refractivity contribution in [2.75, 3.05) is 13.2 Å². The van der Waals surface area contributed by atoms with Crippen molar-refractivity contribution in [3.63, 3.8) is 0 Å². The van der Waals surface area contributed by atoms with Crippen LogP contribution in [0.3, 0.4) is 0 Å². The number of carbonyl (C=O) groups is 1. The Hall–Kier alpha value is -0.650. The summed E-state index contributed by atoms with van der Waals surface area (Å²) < 4.78 is 5.79. The van der Waals surface area contributed by atoms with Crippen LogP contribution >= 0.6 is 0 Å². The van der Waals surface area contributed by atoms with E-state index in [0.29, 0.717) is 6.42 Å². The van der Waals surface area contributed by atoms with Crippen LogP contribution in [0.15, 0.2) is 0 Å². The fraction of sp³-hybridized carbons (Fsp3) is 0.929. The molecule has 1 aliphatic carbocycles. The molecule has 0 spiro atoms. The number of ether oxygens (including phenoxy) is 1. The molecule has 1 saturated carbocycles. The second-order valence-electron chi connectivity index (χ2n) is 6.52. The first-order valence-electron chi connectivity index (χ1n) is 7.18. The monoisotopic (exact) mass is 270 g/mol. The highest BCUT2D eigenvalue weighted by atomic mass is 16.5. The highest BCUT2D eigenvalue weighted by Crippen LogP contribution is 2.57. The van der Waals surface area contributed by atoms with Crippen molar-refractivity contribution in [1.82, 2.24) is 5.32 Å². The molecule has 19 heavy (non-hydrogen) atoms. The van der Waals surface area contributed by atoms with Crippen molar-refractivity contribution in [3.8, 4) is 0 Å². The summed E-state index contributed by atoms with van der Waals surface area (Å²) in [7, 11) is 0. The van der Waals surface area contributed by atoms with Gasteiger partial charge in [0.15, 0.2) is 0 Å². The van der Waals surface area contributed by atoms with Crippen LogP contribution in [0.4, 0.5) is 0 Å². The lowest BCUT2D eigenvalue weighted by Crippen LogP contribution is -2.82. The lowest BCUT2D eigenvalue weighted by Gasteiger charge is -2.65. The molecule has 0 bridgehead atoms. The zero-order chi connectivity index (χ0) is 14.3. The zero-order valence-electron chi connectivity index (χ0n) is 12.1. The maximum atomic E-state index is 12.5. The molecule has 5 heteroatoms. The van der Waals surface area contributed by atoms with E-state index < -0.39 is 5.54 Å². The summed E-state index contributed by atoms with van der Waals surface area (Å²) in [6, 6.07) is -0.0581. The van der Waals surface area contributed by atoms with Gasteiger partial charge in [-0.2, -0.15) is 0 Å². The third-order valence-electron chi connectivity index (χ3n) is 5.00. The van der Waals surface area contributed by atoms with Crippen LogP contribution in [0, 0.1) is 11.3 Å². The van der Waals surface area contributed by atoms with Crippen molar-refractivity contribution in [2.45, 2.75) is 57.7 Å². The Morgan fingerprint density at radius 1 is 1.58 bits per heavy atom. The van der Waals surface area contributed by atoms with Crippen LogP contribution in [0.2, 0.25) is 0 Å². The fourth-order valence-electron chi connectivity index (χ4n) is 3.65. The normalized spacial score (nSPS) is 37.9. The van der Waals surface area contributed by atoms with Gasteiger partial charge in [-0.05, 0) is 26.2 Å². The Morgan fingerprint density at radius 2 is 2.26 bits per heavy atom. The van der Waals surface area contributed by atoms with E-state index in [0.717, 1.165) is 19.4 Å². The second kappa shape index (κ2) is 5.04. The van der Waals surface area contributed by atoms with Crippen molar-refractivity contribution in [2.24, 2.45) is 17.1 Å². The van der Waals surface area contributed by atoms with Gasteiger partial charge in [0.25, 0.3) is 0 Å². The molecule has 5 nitrogen and oxygen atoms in total. The largest absolute Gasteiger partial charge is 0.396 e. The van der Waals surface area contributed by atoms with E-state index in [1.807, 2.05) is 20.8 Å². The van der Waals surface area contributed by atoms with Crippen LogP contribution in [0.1, 0.15) is 40.0 Å². The van der Waals surface area contributed by atoms with Gasteiger partial charge in [0.05, 0.1) is 6.10 Å². The van der Waals surface area contributed by atoms with E-state index in [9.17, 15) is 4.79 Å².